The van der Waals surface area contributed by atoms with Gasteiger partial charge in [-0.25, -0.2) is 9.37 Å². The van der Waals surface area contributed by atoms with Gasteiger partial charge >= 0.3 is 6.18 Å². The molecule has 3 heterocycles. The lowest BCUT2D eigenvalue weighted by molar-refractivity contribution is -0.265. The quantitative estimate of drug-likeness (QED) is 0.285. The number of nitrogens with one attached hydrogen (secondary N) is 1. The molecule has 1 aliphatic rings. The molecular formula is C28H23F4N3O6. The molecule has 2 atom stereocenters. The monoisotopic (exact) mass is 573 g/mol. The maximum Gasteiger partial charge on any atom is 0.424 e. The van der Waals surface area contributed by atoms with Crippen molar-refractivity contribution in [1.82, 2.24) is 10.3 Å². The van der Waals surface area contributed by atoms with Crippen molar-refractivity contribution in [3.63, 3.8) is 0 Å². The molecule has 1 unspecified atom stereocenters. The molecule has 0 spiro atoms. The van der Waals surface area contributed by atoms with Crippen molar-refractivity contribution in [3.05, 3.63) is 77.4 Å². The maximum atomic E-state index is 14.5. The number of benzene rings is 2. The predicted octanol–water partition coefficient (Wildman–Crippen LogP) is 3.96. The Morgan fingerprint density at radius 1 is 1.17 bits per heavy atom. The molecule has 2 aromatic heterocycles. The Labute approximate surface area is 229 Å². The van der Waals surface area contributed by atoms with E-state index in [1.807, 2.05) is 0 Å². The molecule has 0 bridgehead atoms. The van der Waals surface area contributed by atoms with Gasteiger partial charge in [0.15, 0.2) is 5.76 Å². The average molecular weight is 573 g/mol. The van der Waals surface area contributed by atoms with E-state index in [2.05, 4.69) is 10.3 Å². The molecule has 0 fully saturated rings. The molecule has 4 N–H and O–H groups in total. The average Bonchev–Trinajstić information content (AvgIpc) is 3.53. The summed E-state index contributed by atoms with van der Waals surface area (Å²) in [6, 6.07) is 11.6. The number of pyridine rings is 1. The zero-order valence-corrected chi connectivity index (χ0v) is 21.6. The highest BCUT2D eigenvalue weighted by Crippen LogP contribution is 2.47. The van der Waals surface area contributed by atoms with Gasteiger partial charge in [0.25, 0.3) is 5.91 Å². The SMILES string of the molecule is COc1cccc2oc(C(=O)NCC(O)(c3cc4c(c(-c5ccc(F)cc5)n3)OC[C@]4(C)C(N)=O)C(F)(F)F)cc12. The first kappa shape index (κ1) is 27.9. The molecule has 4 aromatic rings. The predicted molar refractivity (Wildman–Crippen MR) is 137 cm³/mol. The van der Waals surface area contributed by atoms with Crippen molar-refractivity contribution >= 4 is 22.8 Å². The summed E-state index contributed by atoms with van der Waals surface area (Å²) in [5, 5.41) is 13.6. The summed E-state index contributed by atoms with van der Waals surface area (Å²) in [5.74, 6) is -2.52. The van der Waals surface area contributed by atoms with Gasteiger partial charge in [0.05, 0.1) is 24.7 Å². The zero-order valence-electron chi connectivity index (χ0n) is 21.6. The van der Waals surface area contributed by atoms with E-state index >= 15 is 0 Å². The van der Waals surface area contributed by atoms with Crippen LogP contribution < -0.4 is 20.5 Å². The fraction of sp³-hybridized carbons (Fsp3) is 0.250. The largest absolute Gasteiger partial charge is 0.496 e. The molecule has 9 nitrogen and oxygen atoms in total. The minimum atomic E-state index is -5.36. The van der Waals surface area contributed by atoms with Gasteiger partial charge in [-0.05, 0) is 49.4 Å². The molecule has 1 aliphatic heterocycles. The second-order valence-electron chi connectivity index (χ2n) is 9.75. The molecule has 13 heteroatoms. The third-order valence-electron chi connectivity index (χ3n) is 7.10. The van der Waals surface area contributed by atoms with Crippen LogP contribution in [0, 0.1) is 5.82 Å². The number of aliphatic hydroxyl groups is 1. The lowest BCUT2D eigenvalue weighted by Gasteiger charge is -2.31. The van der Waals surface area contributed by atoms with E-state index in [4.69, 9.17) is 19.6 Å². The van der Waals surface area contributed by atoms with Crippen LogP contribution in [0.15, 0.2) is 59.0 Å². The minimum absolute atomic E-state index is 0.0357. The number of aromatic nitrogens is 1. The van der Waals surface area contributed by atoms with Crippen LogP contribution in [-0.2, 0) is 15.8 Å². The van der Waals surface area contributed by atoms with Gasteiger partial charge in [0, 0.05) is 17.2 Å². The molecule has 2 aromatic carbocycles. The van der Waals surface area contributed by atoms with Crippen LogP contribution in [0.4, 0.5) is 17.6 Å². The molecule has 214 valence electrons. The van der Waals surface area contributed by atoms with E-state index in [-0.39, 0.29) is 40.5 Å². The molecule has 41 heavy (non-hydrogen) atoms. The van der Waals surface area contributed by atoms with Crippen LogP contribution in [0.25, 0.3) is 22.2 Å². The number of hydrogen-bond acceptors (Lipinski definition) is 7. The number of primary amides is 1. The van der Waals surface area contributed by atoms with Crippen molar-refractivity contribution in [3.8, 4) is 22.8 Å². The molecular weight excluding hydrogens is 550 g/mol. The Kier molecular flexibility index (Phi) is 6.65. The normalized spacial score (nSPS) is 17.9. The first-order valence-electron chi connectivity index (χ1n) is 12.2. The van der Waals surface area contributed by atoms with E-state index in [1.54, 1.807) is 18.2 Å². The van der Waals surface area contributed by atoms with E-state index in [0.717, 1.165) is 18.2 Å². The third kappa shape index (κ3) is 4.61. The molecule has 0 saturated carbocycles. The van der Waals surface area contributed by atoms with Crippen LogP contribution in [0.3, 0.4) is 0 Å². The summed E-state index contributed by atoms with van der Waals surface area (Å²) in [4.78, 5) is 29.3. The van der Waals surface area contributed by atoms with Gasteiger partial charge in [-0.1, -0.05) is 6.07 Å². The minimum Gasteiger partial charge on any atom is -0.496 e. The summed E-state index contributed by atoms with van der Waals surface area (Å²) < 4.78 is 73.5. The molecule has 5 rings (SSSR count). The Hall–Kier alpha value is -4.65. The Morgan fingerprint density at radius 3 is 2.51 bits per heavy atom. The summed E-state index contributed by atoms with van der Waals surface area (Å²) >= 11 is 0. The second kappa shape index (κ2) is 9.77. The summed E-state index contributed by atoms with van der Waals surface area (Å²) in [6.07, 6.45) is -5.36. The number of alkyl halides is 3. The molecule has 0 saturated heterocycles. The van der Waals surface area contributed by atoms with Crippen molar-refractivity contribution < 1.29 is 46.1 Å². The number of furan rings is 1. The lowest BCUT2D eigenvalue weighted by Crippen LogP contribution is -2.51. The second-order valence-corrected chi connectivity index (χ2v) is 9.75. The number of nitrogens with zero attached hydrogens (tertiary/aromatic N) is 1. The Morgan fingerprint density at radius 2 is 1.88 bits per heavy atom. The number of nitrogens with two attached hydrogens (primary N) is 1. The van der Waals surface area contributed by atoms with E-state index < -0.39 is 47.1 Å². The standard InChI is InChI=1S/C28H23F4N3O6/c1-26(25(33)37)13-40-23-17(26)11-21(35-22(23)14-6-8-15(29)9-7-14)27(38,28(30,31)32)12-34-24(36)20-10-16-18(39-2)4-3-5-19(16)41-20/h3-11,38H,12-13H2,1-2H3,(H2,33,37)(H,34,36)/t26-,27?/m0/s1. The fourth-order valence-corrected chi connectivity index (χ4v) is 4.56. The molecule has 0 aliphatic carbocycles. The zero-order chi connectivity index (χ0) is 29.7. The van der Waals surface area contributed by atoms with Crippen molar-refractivity contribution in [1.29, 1.82) is 0 Å². The van der Waals surface area contributed by atoms with Crippen molar-refractivity contribution in [2.75, 3.05) is 20.3 Å². The number of fused-ring (bicyclic) bond motifs is 2. The number of methoxy groups -OCH3 is 1. The fourth-order valence-electron chi connectivity index (χ4n) is 4.56. The highest BCUT2D eigenvalue weighted by molar-refractivity contribution is 5.97. The highest BCUT2D eigenvalue weighted by atomic mass is 19.4. The van der Waals surface area contributed by atoms with Crippen LogP contribution >= 0.6 is 0 Å². The van der Waals surface area contributed by atoms with Gasteiger partial charge in [0.2, 0.25) is 11.5 Å². The summed E-state index contributed by atoms with van der Waals surface area (Å²) in [7, 11) is 1.41. The number of carbonyl (C=O) groups excluding carboxylic acids is 2. The number of carbonyl (C=O) groups is 2. The van der Waals surface area contributed by atoms with Crippen LogP contribution in [0.2, 0.25) is 0 Å². The molecule has 0 radical (unpaired) electrons. The van der Waals surface area contributed by atoms with E-state index in [9.17, 15) is 32.3 Å². The summed E-state index contributed by atoms with van der Waals surface area (Å²) in [6.45, 7) is -0.288. The van der Waals surface area contributed by atoms with Crippen LogP contribution in [0.5, 0.6) is 11.5 Å². The number of amides is 2. The van der Waals surface area contributed by atoms with Gasteiger partial charge < -0.3 is 30.0 Å². The Balaban J connectivity index is 1.58. The first-order valence-corrected chi connectivity index (χ1v) is 12.2. The number of ether oxygens (including phenoxy) is 2. The topological polar surface area (TPSA) is 137 Å². The first-order chi connectivity index (χ1) is 19.3. The van der Waals surface area contributed by atoms with Gasteiger partial charge in [-0.3, -0.25) is 9.59 Å². The lowest BCUT2D eigenvalue weighted by atomic mass is 9.81. The third-order valence-corrected chi connectivity index (χ3v) is 7.10. The van der Waals surface area contributed by atoms with Crippen molar-refractivity contribution in [2.45, 2.75) is 24.1 Å². The van der Waals surface area contributed by atoms with Gasteiger partial charge in [0.1, 0.15) is 40.6 Å². The van der Waals surface area contributed by atoms with Crippen molar-refractivity contribution in [2.24, 2.45) is 5.73 Å². The number of hydrogen-bond donors (Lipinski definition) is 3. The summed E-state index contributed by atoms with van der Waals surface area (Å²) in [5.41, 5.74) is -0.488. The van der Waals surface area contributed by atoms with E-state index in [0.29, 0.717) is 11.1 Å². The van der Waals surface area contributed by atoms with E-state index in [1.165, 1.54) is 32.2 Å². The number of halogens is 4. The maximum absolute atomic E-state index is 14.5. The highest BCUT2D eigenvalue weighted by Gasteiger charge is 2.57. The van der Waals surface area contributed by atoms with Crippen LogP contribution in [-0.4, -0.2) is 48.3 Å². The number of rotatable bonds is 7. The smallest absolute Gasteiger partial charge is 0.424 e. The van der Waals surface area contributed by atoms with Gasteiger partial charge in [-0.15, -0.1) is 0 Å². The van der Waals surface area contributed by atoms with Gasteiger partial charge in [-0.2, -0.15) is 13.2 Å². The van der Waals surface area contributed by atoms with Crippen LogP contribution in [0.1, 0.15) is 28.7 Å². The molecule has 2 amide bonds. The Bertz CT molecular complexity index is 1670.